The Morgan fingerprint density at radius 1 is 1.28 bits per heavy atom. The number of halogens is 1. The minimum Gasteiger partial charge on any atom is -0.206 e. The predicted molar refractivity (Wildman–Crippen MR) is 68.0 cm³/mol. The summed E-state index contributed by atoms with van der Waals surface area (Å²) in [4.78, 5) is 0.705. The van der Waals surface area contributed by atoms with Crippen LogP contribution >= 0.6 is 11.3 Å². The molecule has 0 atom stereocenters. The lowest BCUT2D eigenvalue weighted by molar-refractivity contribution is 0.630. The van der Waals surface area contributed by atoms with Crippen molar-refractivity contribution in [1.82, 2.24) is 19.8 Å². The molecule has 0 fully saturated rings. The summed E-state index contributed by atoms with van der Waals surface area (Å²) in [6.07, 6.45) is 1.80. The molecule has 0 aliphatic carbocycles. The number of benzene rings is 1. The van der Waals surface area contributed by atoms with Gasteiger partial charge in [0.05, 0.1) is 0 Å². The Bertz CT molecular complexity index is 688. The van der Waals surface area contributed by atoms with Crippen LogP contribution in [-0.2, 0) is 6.42 Å². The van der Waals surface area contributed by atoms with E-state index in [0.717, 1.165) is 18.7 Å². The van der Waals surface area contributed by atoms with Gasteiger partial charge in [0.25, 0.3) is 0 Å². The Labute approximate surface area is 107 Å². The maximum atomic E-state index is 13.7. The first kappa shape index (κ1) is 11.3. The van der Waals surface area contributed by atoms with Gasteiger partial charge in [-0.15, -0.1) is 10.2 Å². The molecule has 0 aliphatic rings. The number of aromatic nitrogens is 4. The Morgan fingerprint density at radius 2 is 2.11 bits per heavy atom. The van der Waals surface area contributed by atoms with E-state index in [1.807, 2.05) is 0 Å². The third-order valence-corrected chi connectivity index (χ3v) is 3.57. The molecule has 1 aromatic carbocycles. The van der Waals surface area contributed by atoms with E-state index in [4.69, 9.17) is 0 Å². The van der Waals surface area contributed by atoms with Crippen LogP contribution in [0.1, 0.15) is 19.2 Å². The van der Waals surface area contributed by atoms with Gasteiger partial charge in [-0.2, -0.15) is 9.61 Å². The van der Waals surface area contributed by atoms with Gasteiger partial charge in [-0.05, 0) is 18.6 Å². The van der Waals surface area contributed by atoms with Gasteiger partial charge >= 0.3 is 0 Å². The van der Waals surface area contributed by atoms with Gasteiger partial charge in [0.2, 0.25) is 4.96 Å². The van der Waals surface area contributed by atoms with Crippen LogP contribution in [0.3, 0.4) is 0 Å². The molecule has 2 aromatic heterocycles. The lowest BCUT2D eigenvalue weighted by Crippen LogP contribution is -1.95. The summed E-state index contributed by atoms with van der Waals surface area (Å²) in [5, 5.41) is 13.2. The largest absolute Gasteiger partial charge is 0.234 e. The van der Waals surface area contributed by atoms with Crippen LogP contribution in [0.4, 0.5) is 4.39 Å². The fraction of sp³-hybridized carbons (Fsp3) is 0.250. The van der Waals surface area contributed by atoms with Crippen LogP contribution in [0, 0.1) is 5.82 Å². The van der Waals surface area contributed by atoms with Crippen molar-refractivity contribution in [3.8, 4) is 10.6 Å². The van der Waals surface area contributed by atoms with E-state index < -0.39 is 0 Å². The van der Waals surface area contributed by atoms with E-state index in [1.54, 1.807) is 22.7 Å². The van der Waals surface area contributed by atoms with Crippen LogP contribution in [0.15, 0.2) is 24.3 Å². The average Bonchev–Trinajstić information content (AvgIpc) is 2.92. The van der Waals surface area contributed by atoms with Gasteiger partial charge < -0.3 is 0 Å². The molecular formula is C12H11FN4S. The molecule has 92 valence electrons. The summed E-state index contributed by atoms with van der Waals surface area (Å²) in [7, 11) is 0. The van der Waals surface area contributed by atoms with Gasteiger partial charge in [-0.3, -0.25) is 0 Å². The molecule has 0 unspecified atom stereocenters. The first-order chi connectivity index (χ1) is 8.79. The lowest BCUT2D eigenvalue weighted by atomic mass is 10.2. The molecule has 0 amide bonds. The van der Waals surface area contributed by atoms with Crippen LogP contribution in [0.5, 0.6) is 0 Å². The van der Waals surface area contributed by atoms with Gasteiger partial charge in [0.15, 0.2) is 10.8 Å². The number of hydrogen-bond acceptors (Lipinski definition) is 4. The van der Waals surface area contributed by atoms with Gasteiger partial charge in [-0.25, -0.2) is 4.39 Å². The average molecular weight is 262 g/mol. The highest BCUT2D eigenvalue weighted by Crippen LogP contribution is 2.27. The van der Waals surface area contributed by atoms with Crippen LogP contribution in [0.25, 0.3) is 15.5 Å². The molecule has 2 heterocycles. The predicted octanol–water partition coefficient (Wildman–Crippen LogP) is 2.94. The third-order valence-electron chi connectivity index (χ3n) is 2.63. The van der Waals surface area contributed by atoms with Crippen LogP contribution in [0.2, 0.25) is 0 Å². The molecule has 3 aromatic rings. The Hall–Kier alpha value is -1.82. The summed E-state index contributed by atoms with van der Waals surface area (Å²) in [6.45, 7) is 2.07. The van der Waals surface area contributed by atoms with Gasteiger partial charge in [0, 0.05) is 12.0 Å². The van der Waals surface area contributed by atoms with Crippen LogP contribution < -0.4 is 0 Å². The van der Waals surface area contributed by atoms with Gasteiger partial charge in [0.1, 0.15) is 5.82 Å². The van der Waals surface area contributed by atoms with E-state index in [9.17, 15) is 4.39 Å². The standard InChI is InChI=1S/C12H11FN4S/c1-2-5-10-14-15-12-17(10)16-11(18-12)8-6-3-4-7-9(8)13/h3-4,6-7H,2,5H2,1H3. The molecule has 0 saturated carbocycles. The fourth-order valence-electron chi connectivity index (χ4n) is 1.78. The normalized spacial score (nSPS) is 11.2. The van der Waals surface area contributed by atoms with E-state index in [0.29, 0.717) is 15.5 Å². The number of rotatable bonds is 3. The van der Waals surface area contributed by atoms with Crippen LogP contribution in [-0.4, -0.2) is 19.8 Å². The molecule has 0 aliphatic heterocycles. The summed E-state index contributed by atoms with van der Waals surface area (Å²) < 4.78 is 15.4. The smallest absolute Gasteiger partial charge is 0.206 e. The molecule has 0 N–H and O–H groups in total. The van der Waals surface area contributed by atoms with Crippen molar-refractivity contribution in [2.75, 3.05) is 0 Å². The topological polar surface area (TPSA) is 43.1 Å². The van der Waals surface area contributed by atoms with E-state index in [2.05, 4.69) is 22.2 Å². The zero-order valence-electron chi connectivity index (χ0n) is 9.80. The van der Waals surface area contributed by atoms with E-state index in [-0.39, 0.29) is 5.82 Å². The number of aryl methyl sites for hydroxylation is 1. The second kappa shape index (κ2) is 4.45. The zero-order valence-corrected chi connectivity index (χ0v) is 10.6. The summed E-state index contributed by atoms with van der Waals surface area (Å²) in [5.74, 6) is 0.561. The number of hydrogen-bond donors (Lipinski definition) is 0. The van der Waals surface area contributed by atoms with Crippen molar-refractivity contribution < 1.29 is 4.39 Å². The minimum atomic E-state index is -0.264. The van der Waals surface area contributed by atoms with Crippen molar-refractivity contribution >= 4 is 16.3 Å². The van der Waals surface area contributed by atoms with Crippen molar-refractivity contribution in [1.29, 1.82) is 0 Å². The first-order valence-electron chi connectivity index (χ1n) is 5.75. The SMILES string of the molecule is CCCc1nnc2sc(-c3ccccc3F)nn12. The summed E-state index contributed by atoms with van der Waals surface area (Å²) in [6, 6.07) is 6.63. The van der Waals surface area contributed by atoms with E-state index in [1.165, 1.54) is 17.4 Å². The molecule has 4 nitrogen and oxygen atoms in total. The van der Waals surface area contributed by atoms with Crippen molar-refractivity contribution in [3.63, 3.8) is 0 Å². The molecule has 0 radical (unpaired) electrons. The first-order valence-corrected chi connectivity index (χ1v) is 6.57. The van der Waals surface area contributed by atoms with Crippen molar-refractivity contribution in [2.45, 2.75) is 19.8 Å². The molecule has 0 saturated heterocycles. The molecule has 3 rings (SSSR count). The Balaban J connectivity index is 2.11. The molecule has 6 heteroatoms. The quantitative estimate of drug-likeness (QED) is 0.729. The molecular weight excluding hydrogens is 251 g/mol. The number of fused-ring (bicyclic) bond motifs is 1. The minimum absolute atomic E-state index is 0.264. The fourth-order valence-corrected chi connectivity index (χ4v) is 2.67. The highest BCUT2D eigenvalue weighted by atomic mass is 32.1. The van der Waals surface area contributed by atoms with Crippen molar-refractivity contribution in [2.24, 2.45) is 0 Å². The van der Waals surface area contributed by atoms with E-state index >= 15 is 0 Å². The van der Waals surface area contributed by atoms with Crippen molar-refractivity contribution in [3.05, 3.63) is 35.9 Å². The molecule has 0 bridgehead atoms. The summed E-state index contributed by atoms with van der Waals surface area (Å²) >= 11 is 1.35. The zero-order chi connectivity index (χ0) is 12.5. The van der Waals surface area contributed by atoms with Gasteiger partial charge in [-0.1, -0.05) is 30.4 Å². The Kier molecular flexibility index (Phi) is 2.79. The highest BCUT2D eigenvalue weighted by molar-refractivity contribution is 7.19. The maximum absolute atomic E-state index is 13.7. The lowest BCUT2D eigenvalue weighted by Gasteiger charge is -1.96. The second-order valence-electron chi connectivity index (χ2n) is 3.95. The molecule has 18 heavy (non-hydrogen) atoms. The third kappa shape index (κ3) is 1.78. The second-order valence-corrected chi connectivity index (χ2v) is 4.90. The maximum Gasteiger partial charge on any atom is 0.234 e. The molecule has 0 spiro atoms. The number of nitrogens with zero attached hydrogens (tertiary/aromatic N) is 4. The Morgan fingerprint density at radius 3 is 2.89 bits per heavy atom. The highest BCUT2D eigenvalue weighted by Gasteiger charge is 2.14. The monoisotopic (exact) mass is 262 g/mol. The summed E-state index contributed by atoms with van der Waals surface area (Å²) in [5.41, 5.74) is 0.510.